The lowest BCUT2D eigenvalue weighted by Crippen LogP contribution is -2.16. The molecule has 0 amide bonds. The van der Waals surface area contributed by atoms with Gasteiger partial charge in [-0.2, -0.15) is 4.58 Å². The fraction of sp³-hybridized carbons (Fsp3) is 0.341. The second kappa shape index (κ2) is 11.2. The Bertz CT molecular complexity index is 2130. The minimum absolute atomic E-state index is 0.240. The summed E-state index contributed by atoms with van der Waals surface area (Å²) in [5.41, 5.74) is 7.94. The Morgan fingerprint density at radius 1 is 0.800 bits per heavy atom. The van der Waals surface area contributed by atoms with Crippen molar-refractivity contribution in [1.29, 1.82) is 0 Å². The van der Waals surface area contributed by atoms with Crippen LogP contribution in [0, 0.1) is 0 Å². The van der Waals surface area contributed by atoms with Crippen LogP contribution in [0.3, 0.4) is 0 Å². The van der Waals surface area contributed by atoms with E-state index in [2.05, 4.69) is 116 Å². The van der Waals surface area contributed by atoms with Crippen LogP contribution in [0.1, 0.15) is 70.1 Å². The Morgan fingerprint density at radius 2 is 1.49 bits per heavy atom. The maximum atomic E-state index is 6.30. The van der Waals surface area contributed by atoms with E-state index in [0.717, 1.165) is 50.3 Å². The van der Waals surface area contributed by atoms with Gasteiger partial charge in [0.1, 0.15) is 30.3 Å². The second-order valence-electron chi connectivity index (χ2n) is 13.2. The zero-order chi connectivity index (χ0) is 30.7. The quantitative estimate of drug-likeness (QED) is 0.126. The van der Waals surface area contributed by atoms with Gasteiger partial charge >= 0.3 is 0 Å². The van der Waals surface area contributed by atoms with Crippen LogP contribution in [-0.4, -0.2) is 33.6 Å². The lowest BCUT2D eigenvalue weighted by molar-refractivity contribution is -0.436. The summed E-state index contributed by atoms with van der Waals surface area (Å²) in [5.74, 6) is 2.17. The van der Waals surface area contributed by atoms with Crippen LogP contribution in [0.15, 0.2) is 72.8 Å². The van der Waals surface area contributed by atoms with Gasteiger partial charge in [0.25, 0.3) is 0 Å². The van der Waals surface area contributed by atoms with Crippen molar-refractivity contribution in [2.45, 2.75) is 85.0 Å². The molecule has 0 saturated heterocycles. The highest BCUT2D eigenvalue weighted by Gasteiger charge is 2.35. The van der Waals surface area contributed by atoms with Gasteiger partial charge in [0.05, 0.1) is 16.5 Å². The van der Waals surface area contributed by atoms with Crippen molar-refractivity contribution in [1.82, 2.24) is 4.57 Å². The van der Waals surface area contributed by atoms with E-state index in [-0.39, 0.29) is 12.2 Å². The number of rotatable bonds is 9. The Balaban J connectivity index is 1.19. The van der Waals surface area contributed by atoms with E-state index in [4.69, 9.17) is 9.47 Å². The molecule has 0 saturated carbocycles. The molecular formula is C41H43N2O2+. The fourth-order valence-electron chi connectivity index (χ4n) is 7.91. The van der Waals surface area contributed by atoms with Gasteiger partial charge in [0, 0.05) is 76.0 Å². The van der Waals surface area contributed by atoms with Crippen molar-refractivity contribution in [2.24, 2.45) is 0 Å². The van der Waals surface area contributed by atoms with E-state index < -0.39 is 0 Å². The molecule has 5 aromatic rings. The van der Waals surface area contributed by atoms with Gasteiger partial charge in [-0.3, -0.25) is 0 Å². The first-order valence-corrected chi connectivity index (χ1v) is 17.1. The Labute approximate surface area is 265 Å². The van der Waals surface area contributed by atoms with Crippen LogP contribution in [0.2, 0.25) is 0 Å². The number of aromatic nitrogens is 1. The zero-order valence-corrected chi connectivity index (χ0v) is 27.0. The fourth-order valence-corrected chi connectivity index (χ4v) is 7.91. The Hall–Kier alpha value is -4.31. The summed E-state index contributed by atoms with van der Waals surface area (Å²) >= 11 is 0. The molecule has 4 heteroatoms. The molecule has 2 atom stereocenters. The number of allylic oxidation sites excluding steroid dienone is 4. The molecule has 2 unspecified atom stereocenters. The third-order valence-corrected chi connectivity index (χ3v) is 9.90. The number of ether oxygens (including phenoxy) is 2. The lowest BCUT2D eigenvalue weighted by atomic mass is 9.98. The highest BCUT2D eigenvalue weighted by molar-refractivity contribution is 6.21. The van der Waals surface area contributed by atoms with E-state index in [9.17, 15) is 0 Å². The minimum Gasteiger partial charge on any atom is -0.489 e. The van der Waals surface area contributed by atoms with Crippen molar-refractivity contribution < 1.29 is 14.0 Å². The van der Waals surface area contributed by atoms with Crippen LogP contribution in [-0.2, 0) is 19.4 Å². The van der Waals surface area contributed by atoms with E-state index in [1.165, 1.54) is 78.7 Å². The number of unbranched alkanes of at least 4 members (excludes halogenated alkanes) is 2. The van der Waals surface area contributed by atoms with Crippen molar-refractivity contribution in [3.05, 3.63) is 94.9 Å². The maximum absolute atomic E-state index is 6.30. The maximum Gasteiger partial charge on any atom is 0.215 e. The second-order valence-corrected chi connectivity index (χ2v) is 13.2. The molecule has 45 heavy (non-hydrogen) atoms. The number of hydrogen-bond donors (Lipinski definition) is 0. The lowest BCUT2D eigenvalue weighted by Gasteiger charge is -2.09. The standard InChI is InChI=1S/C41H43N2O2/c1-5-7-20-42-34(30-14-12-16-32-38(30)36(42)24-28-22-26(3)44-40(28)32)18-10-9-11-19-35-31-15-13-17-33-39(31)37(43(35)21-8-6-2)25-29-23-27(4)45-41(29)33/h9-19,24-27H,5-8,20-23H2,1-4H3/q+1. The summed E-state index contributed by atoms with van der Waals surface area (Å²) < 4.78 is 17.7. The third kappa shape index (κ3) is 4.52. The van der Waals surface area contributed by atoms with Gasteiger partial charge in [-0.25, -0.2) is 0 Å². The summed E-state index contributed by atoms with van der Waals surface area (Å²) in [6.45, 7) is 10.9. The molecule has 0 N–H and O–H groups in total. The summed E-state index contributed by atoms with van der Waals surface area (Å²) in [6, 6.07) is 18.2. The molecule has 1 aromatic heterocycles. The van der Waals surface area contributed by atoms with Gasteiger partial charge in [-0.15, -0.1) is 0 Å². The summed E-state index contributed by atoms with van der Waals surface area (Å²) in [7, 11) is 0. The average molecular weight is 596 g/mol. The number of benzene rings is 4. The predicted octanol–water partition coefficient (Wildman–Crippen LogP) is 8.95. The van der Waals surface area contributed by atoms with E-state index >= 15 is 0 Å². The molecule has 4 heterocycles. The molecule has 4 nitrogen and oxygen atoms in total. The van der Waals surface area contributed by atoms with Crippen molar-refractivity contribution >= 4 is 49.9 Å². The van der Waals surface area contributed by atoms with Crippen LogP contribution in [0.5, 0.6) is 11.5 Å². The van der Waals surface area contributed by atoms with E-state index in [0.29, 0.717) is 0 Å². The Kier molecular flexibility index (Phi) is 7.04. The smallest absolute Gasteiger partial charge is 0.215 e. The Morgan fingerprint density at radius 3 is 2.24 bits per heavy atom. The molecule has 228 valence electrons. The summed E-state index contributed by atoms with van der Waals surface area (Å²) in [6.07, 6.45) is 18.3. The molecule has 0 spiro atoms. The predicted molar refractivity (Wildman–Crippen MR) is 188 cm³/mol. The number of fused-ring (bicyclic) bond motifs is 4. The average Bonchev–Trinajstić information content (AvgIpc) is 3.77. The van der Waals surface area contributed by atoms with Gasteiger partial charge < -0.3 is 14.0 Å². The van der Waals surface area contributed by atoms with Gasteiger partial charge in [0.2, 0.25) is 11.4 Å². The van der Waals surface area contributed by atoms with Gasteiger partial charge in [-0.05, 0) is 38.5 Å². The normalized spacial score (nSPS) is 19.2. The largest absolute Gasteiger partial charge is 0.489 e. The molecular weight excluding hydrogens is 552 g/mol. The SMILES string of the molecule is CCCCn1c(=CC=CC=CC2=[N+](CCCC)c3cc4c(c5cccc2c35)OC(C)C4)c2cccc3c4c(cc1c32)CC(C)O4. The molecule has 8 rings (SSSR count). The molecule has 0 aliphatic carbocycles. The zero-order valence-electron chi connectivity index (χ0n) is 27.0. The highest BCUT2D eigenvalue weighted by atomic mass is 16.5. The topological polar surface area (TPSA) is 26.4 Å². The summed E-state index contributed by atoms with van der Waals surface area (Å²) in [4.78, 5) is 0. The van der Waals surface area contributed by atoms with Crippen molar-refractivity contribution in [2.75, 3.05) is 6.54 Å². The molecule has 4 aromatic carbocycles. The van der Waals surface area contributed by atoms with Gasteiger partial charge in [-0.1, -0.05) is 75.2 Å². The minimum atomic E-state index is 0.240. The molecule has 3 aliphatic rings. The molecule has 3 aliphatic heterocycles. The van der Waals surface area contributed by atoms with Crippen LogP contribution < -0.4 is 14.8 Å². The molecule has 0 fully saturated rings. The summed E-state index contributed by atoms with van der Waals surface area (Å²) in [5, 5.41) is 7.76. The molecule has 0 radical (unpaired) electrons. The highest BCUT2D eigenvalue weighted by Crippen LogP contribution is 2.45. The van der Waals surface area contributed by atoms with E-state index in [1.54, 1.807) is 0 Å². The van der Waals surface area contributed by atoms with Crippen molar-refractivity contribution in [3.8, 4) is 11.5 Å². The first-order valence-electron chi connectivity index (χ1n) is 17.1. The number of nitrogens with zero attached hydrogens (tertiary/aromatic N) is 2. The van der Waals surface area contributed by atoms with Crippen LogP contribution in [0.4, 0.5) is 5.69 Å². The molecule has 0 bridgehead atoms. The monoisotopic (exact) mass is 595 g/mol. The van der Waals surface area contributed by atoms with Crippen LogP contribution in [0.25, 0.3) is 38.5 Å². The first-order chi connectivity index (χ1) is 22.1. The third-order valence-electron chi connectivity index (χ3n) is 9.90. The number of aryl methyl sites for hydroxylation is 1. The van der Waals surface area contributed by atoms with Gasteiger partial charge in [0.15, 0.2) is 0 Å². The van der Waals surface area contributed by atoms with Crippen molar-refractivity contribution in [3.63, 3.8) is 0 Å². The van der Waals surface area contributed by atoms with Crippen LogP contribution >= 0.6 is 0 Å². The number of hydrogen-bond acceptors (Lipinski definition) is 2. The van der Waals surface area contributed by atoms with E-state index in [1.807, 2.05) is 0 Å². The first kappa shape index (κ1) is 28.2.